The molecule has 14 heteroatoms. The Bertz CT molecular complexity index is 1050. The Morgan fingerprint density at radius 3 is 2.82 bits per heavy atom. The van der Waals surface area contributed by atoms with E-state index in [-0.39, 0.29) is 22.0 Å². The first-order valence-corrected chi connectivity index (χ1v) is 8.35. The Hall–Kier alpha value is -3.68. The fourth-order valence-electron chi connectivity index (χ4n) is 1.87. The fraction of sp³-hybridized carbons (Fsp3) is 0.214. The van der Waals surface area contributed by atoms with Gasteiger partial charge >= 0.3 is 5.69 Å². The summed E-state index contributed by atoms with van der Waals surface area (Å²) in [6, 6.07) is 2.09. The van der Waals surface area contributed by atoms with Gasteiger partial charge in [-0.15, -0.1) is 0 Å². The normalized spacial score (nSPS) is 11.9. The Morgan fingerprint density at radius 1 is 1.50 bits per heavy atom. The van der Waals surface area contributed by atoms with Crippen LogP contribution in [0, 0.1) is 10.1 Å². The number of aromatic hydroxyl groups is 1. The number of nitrogens with one attached hydrogen (secondary N) is 3. The molecule has 1 heterocycles. The molecule has 0 aliphatic carbocycles. The van der Waals surface area contributed by atoms with Crippen LogP contribution in [-0.2, 0) is 4.79 Å². The number of hydrazone groups is 1. The zero-order chi connectivity index (χ0) is 20.8. The SMILES string of the molecule is COc1cc([N+](=O)[O-])cc(/C=N/NC(=O)C(C)Sc2n[nH]c(=O)[nH]c2=O)c1O. The number of rotatable bonds is 7. The minimum absolute atomic E-state index is 0.0506. The topological polar surface area (TPSA) is 193 Å². The number of amides is 1. The second-order valence-electron chi connectivity index (χ2n) is 5.15. The van der Waals surface area contributed by atoms with Crippen LogP contribution in [-0.4, -0.2) is 49.7 Å². The van der Waals surface area contributed by atoms with E-state index in [4.69, 9.17) is 4.74 Å². The van der Waals surface area contributed by atoms with Gasteiger partial charge in [0.25, 0.3) is 17.2 Å². The zero-order valence-electron chi connectivity index (χ0n) is 14.5. The van der Waals surface area contributed by atoms with Gasteiger partial charge in [0, 0.05) is 11.6 Å². The number of methoxy groups -OCH3 is 1. The van der Waals surface area contributed by atoms with Gasteiger partial charge in [-0.05, 0) is 6.92 Å². The second kappa shape index (κ2) is 8.81. The van der Waals surface area contributed by atoms with E-state index in [1.165, 1.54) is 14.0 Å². The summed E-state index contributed by atoms with van der Waals surface area (Å²) in [6.45, 7) is 1.47. The van der Waals surface area contributed by atoms with Crippen LogP contribution in [0.3, 0.4) is 0 Å². The van der Waals surface area contributed by atoms with E-state index in [1.807, 2.05) is 10.1 Å². The van der Waals surface area contributed by atoms with E-state index in [1.54, 1.807) is 0 Å². The van der Waals surface area contributed by atoms with Crippen LogP contribution in [0.15, 0.2) is 31.8 Å². The minimum Gasteiger partial charge on any atom is -0.504 e. The zero-order valence-corrected chi connectivity index (χ0v) is 15.3. The molecule has 1 aromatic carbocycles. The number of nitro groups is 1. The molecule has 2 aromatic rings. The lowest BCUT2D eigenvalue weighted by Gasteiger charge is -2.08. The molecule has 1 unspecified atom stereocenters. The quantitative estimate of drug-likeness (QED) is 0.205. The molecule has 0 saturated heterocycles. The van der Waals surface area contributed by atoms with Crippen molar-refractivity contribution >= 4 is 29.6 Å². The summed E-state index contributed by atoms with van der Waals surface area (Å²) >= 11 is 0.779. The van der Waals surface area contributed by atoms with Crippen molar-refractivity contribution in [1.29, 1.82) is 0 Å². The maximum absolute atomic E-state index is 12.0. The van der Waals surface area contributed by atoms with Crippen molar-refractivity contribution in [2.45, 2.75) is 17.2 Å². The summed E-state index contributed by atoms with van der Waals surface area (Å²) in [5.74, 6) is -1.14. The van der Waals surface area contributed by atoms with E-state index in [2.05, 4.69) is 15.6 Å². The molecule has 0 radical (unpaired) electrons. The summed E-state index contributed by atoms with van der Waals surface area (Å²) in [5, 5.41) is 29.2. The Kier molecular flexibility index (Phi) is 6.49. The van der Waals surface area contributed by atoms with Crippen LogP contribution in [0.4, 0.5) is 5.69 Å². The molecule has 13 nitrogen and oxygen atoms in total. The van der Waals surface area contributed by atoms with Crippen LogP contribution in [0.5, 0.6) is 11.5 Å². The van der Waals surface area contributed by atoms with Gasteiger partial charge in [-0.25, -0.2) is 15.3 Å². The van der Waals surface area contributed by atoms with E-state index < -0.39 is 33.1 Å². The molecule has 2 rings (SSSR count). The van der Waals surface area contributed by atoms with Gasteiger partial charge in [0.15, 0.2) is 16.5 Å². The summed E-state index contributed by atoms with van der Waals surface area (Å²) < 4.78 is 4.86. The summed E-state index contributed by atoms with van der Waals surface area (Å²) in [4.78, 5) is 46.8. The van der Waals surface area contributed by atoms with E-state index >= 15 is 0 Å². The smallest absolute Gasteiger partial charge is 0.342 e. The summed E-state index contributed by atoms with van der Waals surface area (Å²) in [6.07, 6.45) is 1.01. The number of hydrogen-bond acceptors (Lipinski definition) is 10. The van der Waals surface area contributed by atoms with Gasteiger partial charge in [0.2, 0.25) is 0 Å². The number of H-pyrrole nitrogens is 2. The van der Waals surface area contributed by atoms with Gasteiger partial charge in [0.05, 0.1) is 29.6 Å². The largest absolute Gasteiger partial charge is 0.504 e. The molecule has 4 N–H and O–H groups in total. The second-order valence-corrected chi connectivity index (χ2v) is 6.48. The van der Waals surface area contributed by atoms with E-state index in [0.29, 0.717) is 0 Å². The number of ether oxygens (including phenoxy) is 1. The van der Waals surface area contributed by atoms with E-state index in [0.717, 1.165) is 30.1 Å². The number of carbonyl (C=O) groups is 1. The van der Waals surface area contributed by atoms with E-state index in [9.17, 15) is 29.6 Å². The van der Waals surface area contributed by atoms with Crippen molar-refractivity contribution in [3.63, 3.8) is 0 Å². The van der Waals surface area contributed by atoms with Gasteiger partial charge < -0.3 is 9.84 Å². The standard InChI is InChI=1S/C14H14N6O7S/c1-6(28-13-12(23)16-14(24)19-18-13)11(22)17-15-5-7-3-8(20(25)26)4-9(27-2)10(7)21/h3-6,21H,1-2H3,(H,17,22)(H2,16,19,23,24)/b15-5+. The number of aromatic amines is 2. The highest BCUT2D eigenvalue weighted by molar-refractivity contribution is 8.00. The third-order valence-corrected chi connectivity index (χ3v) is 4.30. The molecule has 1 atom stereocenters. The number of phenols is 1. The third kappa shape index (κ3) is 4.94. The molecule has 28 heavy (non-hydrogen) atoms. The number of phenolic OH excluding ortho intramolecular Hbond substituents is 1. The lowest BCUT2D eigenvalue weighted by molar-refractivity contribution is -0.385. The number of hydrogen-bond donors (Lipinski definition) is 4. The van der Waals surface area contributed by atoms with Crippen LogP contribution in [0.2, 0.25) is 0 Å². The highest BCUT2D eigenvalue weighted by Gasteiger charge is 2.18. The predicted molar refractivity (Wildman–Crippen MR) is 97.8 cm³/mol. The molecule has 1 amide bonds. The van der Waals surface area contributed by atoms with Gasteiger partial charge in [0.1, 0.15) is 0 Å². The first-order chi connectivity index (χ1) is 13.2. The Labute approximate surface area is 160 Å². The van der Waals surface area contributed by atoms with Crippen LogP contribution in [0.1, 0.15) is 12.5 Å². The molecule has 0 aliphatic heterocycles. The minimum atomic E-state index is -0.815. The molecule has 0 saturated carbocycles. The fourth-order valence-corrected chi connectivity index (χ4v) is 2.62. The number of benzene rings is 1. The predicted octanol–water partition coefficient (Wildman–Crippen LogP) is -0.289. The molecule has 0 spiro atoms. The number of carbonyl (C=O) groups excluding carboxylic acids is 1. The molecule has 0 aliphatic rings. The molecular formula is C14H14N6O7S. The van der Waals surface area contributed by atoms with Gasteiger partial charge in [-0.1, -0.05) is 11.8 Å². The number of non-ortho nitro benzene ring substituents is 1. The van der Waals surface area contributed by atoms with Gasteiger partial charge in [-0.3, -0.25) is 24.7 Å². The monoisotopic (exact) mass is 410 g/mol. The van der Waals surface area contributed by atoms with Crippen molar-refractivity contribution in [3.05, 3.63) is 48.6 Å². The molecule has 0 fully saturated rings. The van der Waals surface area contributed by atoms with Crippen LogP contribution >= 0.6 is 11.8 Å². The van der Waals surface area contributed by atoms with Crippen molar-refractivity contribution in [2.75, 3.05) is 7.11 Å². The number of thioether (sulfide) groups is 1. The van der Waals surface area contributed by atoms with Crippen molar-refractivity contribution < 1.29 is 19.6 Å². The number of nitrogens with zero attached hydrogens (tertiary/aromatic N) is 3. The Balaban J connectivity index is 2.10. The average molecular weight is 410 g/mol. The first kappa shape index (κ1) is 20.6. The van der Waals surface area contributed by atoms with Crippen molar-refractivity contribution in [2.24, 2.45) is 5.10 Å². The highest BCUT2D eigenvalue weighted by atomic mass is 32.2. The summed E-state index contributed by atoms with van der Waals surface area (Å²) in [7, 11) is 1.23. The number of nitro benzene ring substituents is 1. The molecule has 0 bridgehead atoms. The van der Waals surface area contributed by atoms with Crippen LogP contribution < -0.4 is 21.4 Å². The van der Waals surface area contributed by atoms with Crippen LogP contribution in [0.25, 0.3) is 0 Å². The van der Waals surface area contributed by atoms with Gasteiger partial charge in [-0.2, -0.15) is 10.2 Å². The lowest BCUT2D eigenvalue weighted by atomic mass is 10.2. The summed E-state index contributed by atoms with van der Waals surface area (Å²) in [5.41, 5.74) is 0.263. The third-order valence-electron chi connectivity index (χ3n) is 3.24. The molecule has 148 valence electrons. The maximum atomic E-state index is 12.0. The maximum Gasteiger partial charge on any atom is 0.342 e. The highest BCUT2D eigenvalue weighted by Crippen LogP contribution is 2.33. The molecular weight excluding hydrogens is 396 g/mol. The van der Waals surface area contributed by atoms with Crippen molar-refractivity contribution in [3.8, 4) is 11.5 Å². The average Bonchev–Trinajstić information content (AvgIpc) is 2.64. The number of aromatic nitrogens is 3. The van der Waals surface area contributed by atoms with Crippen molar-refractivity contribution in [1.82, 2.24) is 20.6 Å². The first-order valence-electron chi connectivity index (χ1n) is 7.47. The molecule has 1 aromatic heterocycles. The lowest BCUT2D eigenvalue weighted by Crippen LogP contribution is -2.30. The Morgan fingerprint density at radius 2 is 2.21 bits per heavy atom.